The molecule has 43 heavy (non-hydrogen) atoms. The third-order valence-electron chi connectivity index (χ3n) is 7.89. The Bertz CT molecular complexity index is 1860. The van der Waals surface area contributed by atoms with E-state index in [4.69, 9.17) is 26.2 Å². The molecule has 1 aliphatic carbocycles. The van der Waals surface area contributed by atoms with E-state index in [1.807, 2.05) is 59.2 Å². The first-order chi connectivity index (χ1) is 20.5. The Morgan fingerprint density at radius 2 is 1.77 bits per heavy atom. The highest BCUT2D eigenvalue weighted by molar-refractivity contribution is 5.98. The molecule has 1 amide bonds. The molecule has 0 atom stereocenters. The minimum Gasteiger partial charge on any atom is -0.450 e. The predicted octanol–water partition coefficient (Wildman–Crippen LogP) is 5.35. The Balaban J connectivity index is 1.42. The molecule has 3 aromatic heterocycles. The quantitative estimate of drug-likeness (QED) is 0.220. The number of rotatable bonds is 7. The van der Waals surface area contributed by atoms with Crippen molar-refractivity contribution in [1.82, 2.24) is 19.5 Å². The van der Waals surface area contributed by atoms with Crippen LogP contribution in [-0.2, 0) is 19.9 Å². The van der Waals surface area contributed by atoms with Crippen LogP contribution in [0.15, 0.2) is 79.0 Å². The number of ether oxygens (including phenoxy) is 1. The molecule has 0 radical (unpaired) electrons. The summed E-state index contributed by atoms with van der Waals surface area (Å²) in [5, 5.41) is 2.84. The molecule has 218 valence electrons. The maximum atomic E-state index is 12.8. The fraction of sp³-hybridized carbons (Fsp3) is 0.242. The van der Waals surface area contributed by atoms with Gasteiger partial charge in [0.1, 0.15) is 11.3 Å². The smallest absolute Gasteiger partial charge is 0.303 e. The lowest BCUT2D eigenvalue weighted by molar-refractivity contribution is -0.160. The van der Waals surface area contributed by atoms with Gasteiger partial charge in [-0.3, -0.25) is 14.2 Å². The van der Waals surface area contributed by atoms with Gasteiger partial charge in [-0.2, -0.15) is 0 Å². The molecule has 1 aliphatic rings. The van der Waals surface area contributed by atoms with Crippen LogP contribution >= 0.6 is 0 Å². The molecule has 5 aromatic rings. The van der Waals surface area contributed by atoms with Crippen molar-refractivity contribution in [3.05, 3.63) is 84.6 Å². The molecule has 10 nitrogen and oxygen atoms in total. The van der Waals surface area contributed by atoms with Gasteiger partial charge in [0.15, 0.2) is 17.1 Å². The highest BCUT2D eigenvalue weighted by Gasteiger charge is 2.34. The van der Waals surface area contributed by atoms with Crippen LogP contribution in [0.2, 0.25) is 0 Å². The van der Waals surface area contributed by atoms with E-state index >= 15 is 0 Å². The maximum Gasteiger partial charge on any atom is 0.303 e. The van der Waals surface area contributed by atoms with E-state index < -0.39 is 17.5 Å². The number of carbonyl (C=O) groups is 2. The van der Waals surface area contributed by atoms with E-state index in [2.05, 4.69) is 22.4 Å². The summed E-state index contributed by atoms with van der Waals surface area (Å²) in [6, 6.07) is 23.1. The number of hydrogen-bond acceptors (Lipinski definition) is 8. The van der Waals surface area contributed by atoms with Crippen LogP contribution in [0.25, 0.3) is 39.5 Å². The summed E-state index contributed by atoms with van der Waals surface area (Å²) in [4.78, 5) is 38.5. The molecule has 1 fully saturated rings. The van der Waals surface area contributed by atoms with Crippen LogP contribution in [-0.4, -0.2) is 37.0 Å². The summed E-state index contributed by atoms with van der Waals surface area (Å²) in [7, 11) is 0. The monoisotopic (exact) mass is 575 g/mol. The van der Waals surface area contributed by atoms with E-state index in [9.17, 15) is 9.59 Å². The highest BCUT2D eigenvalue weighted by Crippen LogP contribution is 2.39. The van der Waals surface area contributed by atoms with Gasteiger partial charge >= 0.3 is 5.97 Å². The Kier molecular flexibility index (Phi) is 6.94. The Morgan fingerprint density at radius 1 is 1.00 bits per heavy atom. The molecule has 0 saturated heterocycles. The van der Waals surface area contributed by atoms with Crippen molar-refractivity contribution in [2.45, 2.75) is 51.2 Å². The molecular formula is C33H33N7O3. The number of nitrogens with two attached hydrogens (primary N) is 2. The fourth-order valence-electron chi connectivity index (χ4n) is 5.38. The summed E-state index contributed by atoms with van der Waals surface area (Å²) < 4.78 is 7.16. The first kappa shape index (κ1) is 28.0. The summed E-state index contributed by atoms with van der Waals surface area (Å²) in [5.74, 6) is 0.0181. The summed E-state index contributed by atoms with van der Waals surface area (Å²) in [6.07, 6.45) is 4.73. The minimum atomic E-state index is -1.33. The Hall–Kier alpha value is -5.09. The van der Waals surface area contributed by atoms with Gasteiger partial charge in [-0.15, -0.1) is 0 Å². The summed E-state index contributed by atoms with van der Waals surface area (Å²) in [6.45, 7) is 4.36. The van der Waals surface area contributed by atoms with Crippen molar-refractivity contribution in [3.8, 4) is 28.3 Å². The molecule has 0 bridgehead atoms. The number of benzene rings is 2. The molecule has 1 saturated carbocycles. The lowest BCUT2D eigenvalue weighted by Crippen LogP contribution is -2.43. The standard InChI is InChI=1S/C33H33N7O3/c1-20(41)43-32(2,3)31(42)37-23-8-4-7-21(19-23)26-14-15-27-30(38-26)40(29(39-27)25-9-5-18-36-28(25)34)24-12-10-22(11-13-24)33(35)16-6-17-33/h4-5,7-15,18-19H,6,16-17,35H2,1-3H3,(H2,34,36)(H,37,42). The summed E-state index contributed by atoms with van der Waals surface area (Å²) in [5.41, 5.74) is 17.3. The Morgan fingerprint density at radius 3 is 2.44 bits per heavy atom. The number of anilines is 2. The molecule has 0 spiro atoms. The van der Waals surface area contributed by atoms with E-state index in [1.165, 1.54) is 6.92 Å². The number of nitrogens with one attached hydrogen (secondary N) is 1. The zero-order chi connectivity index (χ0) is 30.4. The molecule has 10 heteroatoms. The van der Waals surface area contributed by atoms with Gasteiger partial charge in [-0.05, 0) is 87.2 Å². The number of amides is 1. The largest absolute Gasteiger partial charge is 0.450 e. The number of aromatic nitrogens is 4. The highest BCUT2D eigenvalue weighted by atomic mass is 16.6. The number of imidazole rings is 1. The predicted molar refractivity (Wildman–Crippen MR) is 166 cm³/mol. The van der Waals surface area contributed by atoms with Gasteiger partial charge in [0, 0.05) is 35.6 Å². The molecule has 2 aromatic carbocycles. The first-order valence-corrected chi connectivity index (χ1v) is 14.2. The second-order valence-electron chi connectivity index (χ2n) is 11.4. The molecule has 0 unspecified atom stereocenters. The van der Waals surface area contributed by atoms with Crippen LogP contribution in [0.1, 0.15) is 45.6 Å². The SMILES string of the molecule is CC(=O)OC(C)(C)C(=O)Nc1cccc(-c2ccc3nc(-c4cccnc4N)n(-c4ccc(C5(N)CCC5)cc4)c3n2)c1. The van der Waals surface area contributed by atoms with Gasteiger partial charge in [-0.1, -0.05) is 24.3 Å². The van der Waals surface area contributed by atoms with Gasteiger partial charge < -0.3 is 21.5 Å². The van der Waals surface area contributed by atoms with Gasteiger partial charge in [0.05, 0.1) is 11.3 Å². The average molecular weight is 576 g/mol. The molecule has 3 heterocycles. The second-order valence-corrected chi connectivity index (χ2v) is 11.4. The maximum absolute atomic E-state index is 12.8. The summed E-state index contributed by atoms with van der Waals surface area (Å²) >= 11 is 0. The molecular weight excluding hydrogens is 542 g/mol. The number of hydrogen-bond donors (Lipinski definition) is 3. The van der Waals surface area contributed by atoms with Crippen molar-refractivity contribution < 1.29 is 14.3 Å². The zero-order valence-electron chi connectivity index (χ0n) is 24.3. The number of esters is 1. The van der Waals surface area contributed by atoms with E-state index in [1.54, 1.807) is 26.1 Å². The van der Waals surface area contributed by atoms with E-state index in [0.29, 0.717) is 39.8 Å². The topological polar surface area (TPSA) is 151 Å². The zero-order valence-corrected chi connectivity index (χ0v) is 24.3. The Labute approximate surface area is 249 Å². The number of fused-ring (bicyclic) bond motifs is 1. The van der Waals surface area contributed by atoms with Crippen molar-refractivity contribution in [3.63, 3.8) is 0 Å². The van der Waals surface area contributed by atoms with Crippen LogP contribution in [0.4, 0.5) is 11.5 Å². The van der Waals surface area contributed by atoms with E-state index in [-0.39, 0.29) is 5.54 Å². The van der Waals surface area contributed by atoms with Crippen LogP contribution < -0.4 is 16.8 Å². The number of nitrogens with zero attached hydrogens (tertiary/aromatic N) is 4. The average Bonchev–Trinajstić information content (AvgIpc) is 3.34. The van der Waals surface area contributed by atoms with Crippen molar-refractivity contribution in [1.29, 1.82) is 0 Å². The molecule has 5 N–H and O–H groups in total. The number of carbonyl (C=O) groups excluding carboxylic acids is 2. The molecule has 0 aliphatic heterocycles. The lowest BCUT2D eigenvalue weighted by Gasteiger charge is -2.38. The third-order valence-corrected chi connectivity index (χ3v) is 7.89. The van der Waals surface area contributed by atoms with E-state index in [0.717, 1.165) is 36.1 Å². The fourth-order valence-corrected chi connectivity index (χ4v) is 5.38. The molecule has 6 rings (SSSR count). The van der Waals surface area contributed by atoms with Crippen molar-refractivity contribution in [2.75, 3.05) is 11.1 Å². The first-order valence-electron chi connectivity index (χ1n) is 14.2. The lowest BCUT2D eigenvalue weighted by atomic mass is 9.73. The minimum absolute atomic E-state index is 0.272. The van der Waals surface area contributed by atoms with Crippen molar-refractivity contribution >= 4 is 34.5 Å². The third kappa shape index (κ3) is 5.32. The number of nitrogen functional groups attached to an aromatic ring is 1. The normalized spacial score (nSPS) is 14.2. The van der Waals surface area contributed by atoms with Crippen LogP contribution in [0, 0.1) is 0 Å². The van der Waals surface area contributed by atoms with Gasteiger partial charge in [0.25, 0.3) is 5.91 Å². The second kappa shape index (κ2) is 10.6. The number of pyridine rings is 2. The van der Waals surface area contributed by atoms with Crippen LogP contribution in [0.5, 0.6) is 0 Å². The van der Waals surface area contributed by atoms with Crippen molar-refractivity contribution in [2.24, 2.45) is 5.73 Å². The van der Waals surface area contributed by atoms with Crippen LogP contribution in [0.3, 0.4) is 0 Å². The van der Waals surface area contributed by atoms with Gasteiger partial charge in [-0.25, -0.2) is 15.0 Å². The van der Waals surface area contributed by atoms with Gasteiger partial charge in [0.2, 0.25) is 0 Å².